The zero-order chi connectivity index (χ0) is 18.7. The summed E-state index contributed by atoms with van der Waals surface area (Å²) in [5.74, 6) is 0. The van der Waals surface area contributed by atoms with Crippen molar-refractivity contribution in [3.63, 3.8) is 0 Å². The molecule has 0 aliphatic heterocycles. The standard InChI is InChI=1S/C19H41N.2CH5N.3ClH/c1-3-4-5-6-7-8-9-10-11-12-13-14-15-16-17-18-19-20-2;2*1-2;;;/h20H,3-19H2,1-2H3;2*2H2,1H3;3*1H. The maximum Gasteiger partial charge on any atom is 0.0753 e. The second-order valence-corrected chi connectivity index (χ2v) is 6.50. The highest BCUT2D eigenvalue weighted by atomic mass is 35.5. The molecule has 0 radical (unpaired) electrons. The van der Waals surface area contributed by atoms with E-state index >= 15 is 0 Å². The Morgan fingerprint density at radius 3 is 0.889 bits per heavy atom. The Labute approximate surface area is 191 Å². The Morgan fingerprint density at radius 2 is 0.667 bits per heavy atom. The van der Waals surface area contributed by atoms with Gasteiger partial charge in [-0.3, -0.25) is 0 Å². The molecule has 0 aliphatic rings. The number of nitrogens with two attached hydrogens (primary N) is 1. The summed E-state index contributed by atoms with van der Waals surface area (Å²) in [6.07, 6.45) is 23.4. The quantitative estimate of drug-likeness (QED) is 0.183. The summed E-state index contributed by atoms with van der Waals surface area (Å²) in [5, 5.41) is 2.30. The molecule has 0 spiro atoms. The predicted octanol–water partition coefficient (Wildman–Crippen LogP) is -5.83. The first-order chi connectivity index (χ1) is 11.9. The molecule has 0 saturated carbocycles. The third kappa shape index (κ3) is 52.0. The lowest BCUT2D eigenvalue weighted by molar-refractivity contribution is -0.627. The lowest BCUT2D eigenvalue weighted by Crippen LogP contribution is -3.00. The van der Waals surface area contributed by atoms with Gasteiger partial charge in [-0.25, -0.2) is 0 Å². The van der Waals surface area contributed by atoms with E-state index in [1.807, 2.05) is 0 Å². The van der Waals surface area contributed by atoms with Gasteiger partial charge in [0.15, 0.2) is 0 Å². The predicted molar refractivity (Wildman–Crippen MR) is 110 cm³/mol. The minimum atomic E-state index is 0. The monoisotopic (exact) mass is 453 g/mol. The first kappa shape index (κ1) is 42.0. The minimum absolute atomic E-state index is 0. The normalized spacial score (nSPS) is 8.67. The third-order valence-electron chi connectivity index (χ3n) is 4.35. The van der Waals surface area contributed by atoms with E-state index in [2.05, 4.69) is 30.8 Å². The maximum absolute atomic E-state index is 3.25. The molecule has 0 bridgehead atoms. The third-order valence-corrected chi connectivity index (χ3v) is 4.35. The lowest BCUT2D eigenvalue weighted by Gasteiger charge is -2.03. The average molecular weight is 455 g/mol. The highest BCUT2D eigenvalue weighted by Gasteiger charge is 1.94. The zero-order valence-corrected chi connectivity index (χ0v) is 21.4. The Morgan fingerprint density at radius 1 is 0.444 bits per heavy atom. The van der Waals surface area contributed by atoms with Crippen LogP contribution >= 0.6 is 0 Å². The molecule has 0 heterocycles. The summed E-state index contributed by atoms with van der Waals surface area (Å²) in [6.45, 7) is 3.61. The van der Waals surface area contributed by atoms with E-state index in [0.717, 1.165) is 0 Å². The van der Waals surface area contributed by atoms with Crippen molar-refractivity contribution in [3.8, 4) is 0 Å². The second-order valence-electron chi connectivity index (χ2n) is 6.50. The largest absolute Gasteiger partial charge is 1.00 e. The van der Waals surface area contributed by atoms with Crippen LogP contribution in [-0.2, 0) is 0 Å². The molecule has 0 aromatic heterocycles. The van der Waals surface area contributed by atoms with Crippen LogP contribution in [0, 0.1) is 0 Å². The van der Waals surface area contributed by atoms with Crippen LogP contribution in [0.2, 0.25) is 0 Å². The van der Waals surface area contributed by atoms with Crippen LogP contribution in [0.3, 0.4) is 0 Å². The highest BCUT2D eigenvalue weighted by molar-refractivity contribution is 4.49. The van der Waals surface area contributed by atoms with Crippen LogP contribution < -0.4 is 54.0 Å². The van der Waals surface area contributed by atoms with Gasteiger partial charge in [-0.15, -0.1) is 0 Å². The van der Waals surface area contributed by atoms with Crippen molar-refractivity contribution < 1.29 is 54.0 Å². The van der Waals surface area contributed by atoms with Gasteiger partial charge in [0.25, 0.3) is 0 Å². The van der Waals surface area contributed by atoms with Crippen molar-refractivity contribution in [3.05, 3.63) is 0 Å². The fourth-order valence-electron chi connectivity index (χ4n) is 2.90. The summed E-state index contributed by atoms with van der Waals surface area (Å²) in [5.41, 5.74) is 6.50. The summed E-state index contributed by atoms with van der Waals surface area (Å²) in [6, 6.07) is 0. The van der Waals surface area contributed by atoms with Crippen molar-refractivity contribution in [1.82, 2.24) is 0 Å². The lowest BCUT2D eigenvalue weighted by atomic mass is 10.0. The molecular weight excluding hydrogens is 401 g/mol. The van der Waals surface area contributed by atoms with E-state index in [1.165, 1.54) is 109 Å². The minimum Gasteiger partial charge on any atom is -1.00 e. The van der Waals surface area contributed by atoms with E-state index in [-0.39, 0.29) is 37.2 Å². The van der Waals surface area contributed by atoms with Gasteiger partial charge in [-0.2, -0.15) is 0 Å². The van der Waals surface area contributed by atoms with Crippen LogP contribution in [0.15, 0.2) is 0 Å². The molecule has 0 aromatic carbocycles. The fourth-order valence-corrected chi connectivity index (χ4v) is 2.90. The molecule has 8 N–H and O–H groups in total. The number of hydrogen-bond acceptors (Lipinski definition) is 0. The number of quaternary nitrogens is 3. The van der Waals surface area contributed by atoms with Crippen molar-refractivity contribution in [2.45, 2.75) is 110 Å². The molecule has 0 unspecified atom stereocenters. The topological polar surface area (TPSA) is 71.9 Å². The molecule has 0 fully saturated rings. The van der Waals surface area contributed by atoms with Crippen molar-refractivity contribution >= 4 is 0 Å². The van der Waals surface area contributed by atoms with Gasteiger partial charge in [-0.1, -0.05) is 96.8 Å². The van der Waals surface area contributed by atoms with Crippen LogP contribution in [0.5, 0.6) is 0 Å². The van der Waals surface area contributed by atoms with E-state index in [0.29, 0.717) is 0 Å². The molecule has 0 aliphatic carbocycles. The first-order valence-electron chi connectivity index (χ1n) is 11.1. The van der Waals surface area contributed by atoms with Gasteiger partial charge in [0, 0.05) is 0 Å². The molecule has 174 valence electrons. The zero-order valence-electron chi connectivity index (χ0n) is 19.1. The van der Waals surface area contributed by atoms with E-state index in [9.17, 15) is 0 Å². The van der Waals surface area contributed by atoms with Crippen LogP contribution in [0.1, 0.15) is 110 Å². The van der Waals surface area contributed by atoms with Crippen molar-refractivity contribution in [2.24, 2.45) is 0 Å². The highest BCUT2D eigenvalue weighted by Crippen LogP contribution is 2.13. The smallest absolute Gasteiger partial charge is 0.0753 e. The number of hydrogen-bond donors (Lipinski definition) is 3. The van der Waals surface area contributed by atoms with Gasteiger partial charge in [0.05, 0.1) is 27.7 Å². The Balaban J connectivity index is -0.000000147. The average Bonchev–Trinajstić information content (AvgIpc) is 2.65. The van der Waals surface area contributed by atoms with Gasteiger partial charge in [0.1, 0.15) is 0 Å². The summed E-state index contributed by atoms with van der Waals surface area (Å²) in [4.78, 5) is 0. The Bertz CT molecular complexity index is 159. The molecule has 0 amide bonds. The summed E-state index contributed by atoms with van der Waals surface area (Å²) < 4.78 is 0. The number of unbranched alkanes of at least 4 members (excludes halogenated alkanes) is 15. The summed E-state index contributed by atoms with van der Waals surface area (Å²) >= 11 is 0. The molecule has 6 heteroatoms. The Kier molecular flexibility index (Phi) is 78.4. The van der Waals surface area contributed by atoms with Crippen LogP contribution in [0.4, 0.5) is 0 Å². The van der Waals surface area contributed by atoms with Crippen molar-refractivity contribution in [2.75, 3.05) is 27.7 Å². The fraction of sp³-hybridized carbons (Fsp3) is 1.00. The SMILES string of the molecule is CCCCCCCCCCCCCCCCCC[NH2+]C.C[NH3+].C[NH3+].[Cl-].[Cl-].[Cl-]. The second kappa shape index (κ2) is 50.5. The van der Waals surface area contributed by atoms with E-state index in [4.69, 9.17) is 0 Å². The van der Waals surface area contributed by atoms with Crippen molar-refractivity contribution in [1.29, 1.82) is 0 Å². The molecule has 0 saturated heterocycles. The molecule has 0 atom stereocenters. The van der Waals surface area contributed by atoms with Gasteiger partial charge < -0.3 is 54.0 Å². The molecule has 0 rings (SSSR count). The molecular formula is C21H54Cl3N3. The first-order valence-corrected chi connectivity index (χ1v) is 11.1. The van der Waals surface area contributed by atoms with Gasteiger partial charge in [-0.05, 0) is 12.8 Å². The van der Waals surface area contributed by atoms with Gasteiger partial charge in [0.2, 0.25) is 0 Å². The Hall–Kier alpha value is 0.750. The molecule has 27 heavy (non-hydrogen) atoms. The van der Waals surface area contributed by atoms with E-state index < -0.39 is 0 Å². The number of rotatable bonds is 17. The summed E-state index contributed by atoms with van der Waals surface area (Å²) in [7, 11) is 5.67. The van der Waals surface area contributed by atoms with Gasteiger partial charge >= 0.3 is 0 Å². The maximum atomic E-state index is 3.25. The van der Waals surface area contributed by atoms with E-state index in [1.54, 1.807) is 14.1 Å². The van der Waals surface area contributed by atoms with Crippen LogP contribution in [-0.4, -0.2) is 27.7 Å². The molecule has 0 aromatic rings. The number of halogens is 3. The molecule has 3 nitrogen and oxygen atoms in total. The van der Waals surface area contributed by atoms with Crippen LogP contribution in [0.25, 0.3) is 0 Å².